The summed E-state index contributed by atoms with van der Waals surface area (Å²) in [4.78, 5) is 8.15. The molecule has 0 aliphatic rings. The van der Waals surface area contributed by atoms with E-state index in [9.17, 15) is 0 Å². The zero-order valence-electron chi connectivity index (χ0n) is 10.5. The second-order valence-corrected chi connectivity index (χ2v) is 4.15. The summed E-state index contributed by atoms with van der Waals surface area (Å²) < 4.78 is 10.4. The molecule has 96 valence electrons. The van der Waals surface area contributed by atoms with E-state index in [0.29, 0.717) is 12.4 Å². The van der Waals surface area contributed by atoms with E-state index >= 15 is 0 Å². The number of aromatic nitrogens is 2. The van der Waals surface area contributed by atoms with Gasteiger partial charge in [-0.1, -0.05) is 12.1 Å². The SMILES string of the molecule is Cc1nc(-c2ccc(NCc3cnco3)cc2)co1. The fraction of sp³-hybridized carbons (Fsp3) is 0.143. The Hall–Kier alpha value is -2.56. The van der Waals surface area contributed by atoms with Gasteiger partial charge in [0.05, 0.1) is 12.7 Å². The molecule has 1 N–H and O–H groups in total. The van der Waals surface area contributed by atoms with Gasteiger partial charge in [0.1, 0.15) is 17.7 Å². The van der Waals surface area contributed by atoms with Crippen LogP contribution in [0, 0.1) is 6.92 Å². The highest BCUT2D eigenvalue weighted by Gasteiger charge is 2.03. The highest BCUT2D eigenvalue weighted by atomic mass is 16.3. The zero-order chi connectivity index (χ0) is 13.1. The zero-order valence-corrected chi connectivity index (χ0v) is 10.5. The van der Waals surface area contributed by atoms with Crippen LogP contribution < -0.4 is 5.32 Å². The van der Waals surface area contributed by atoms with Crippen molar-refractivity contribution in [1.29, 1.82) is 0 Å². The number of benzene rings is 1. The van der Waals surface area contributed by atoms with Crippen LogP contribution in [0.15, 0.2) is 52.0 Å². The predicted octanol–water partition coefficient (Wildman–Crippen LogP) is 3.25. The predicted molar refractivity (Wildman–Crippen MR) is 70.5 cm³/mol. The number of nitrogens with zero attached hydrogens (tertiary/aromatic N) is 2. The Labute approximate surface area is 110 Å². The number of rotatable bonds is 4. The van der Waals surface area contributed by atoms with Gasteiger partial charge in [0, 0.05) is 18.2 Å². The summed E-state index contributed by atoms with van der Waals surface area (Å²) in [5.41, 5.74) is 2.89. The van der Waals surface area contributed by atoms with Gasteiger partial charge in [-0.15, -0.1) is 0 Å². The Morgan fingerprint density at radius 3 is 2.63 bits per heavy atom. The summed E-state index contributed by atoms with van der Waals surface area (Å²) in [5.74, 6) is 1.47. The van der Waals surface area contributed by atoms with Crippen LogP contribution in [-0.2, 0) is 6.54 Å². The number of oxazole rings is 2. The van der Waals surface area contributed by atoms with Crippen LogP contribution >= 0.6 is 0 Å². The lowest BCUT2D eigenvalue weighted by Crippen LogP contribution is -1.97. The second kappa shape index (κ2) is 4.97. The topological polar surface area (TPSA) is 64.1 Å². The van der Waals surface area contributed by atoms with Crippen LogP contribution in [0.2, 0.25) is 0 Å². The van der Waals surface area contributed by atoms with Crippen molar-refractivity contribution in [1.82, 2.24) is 9.97 Å². The molecule has 2 aromatic heterocycles. The molecule has 0 saturated carbocycles. The van der Waals surface area contributed by atoms with Crippen molar-refractivity contribution in [3.8, 4) is 11.3 Å². The quantitative estimate of drug-likeness (QED) is 0.775. The lowest BCUT2D eigenvalue weighted by atomic mass is 10.1. The molecule has 0 saturated heterocycles. The van der Waals surface area contributed by atoms with E-state index in [1.54, 1.807) is 12.5 Å². The summed E-state index contributed by atoms with van der Waals surface area (Å²) in [7, 11) is 0. The third kappa shape index (κ3) is 2.65. The van der Waals surface area contributed by atoms with Crippen molar-refractivity contribution in [2.24, 2.45) is 0 Å². The summed E-state index contributed by atoms with van der Waals surface area (Å²) >= 11 is 0. The average Bonchev–Trinajstić information content (AvgIpc) is 3.08. The van der Waals surface area contributed by atoms with Crippen LogP contribution in [0.4, 0.5) is 5.69 Å². The Bertz CT molecular complexity index is 642. The Morgan fingerprint density at radius 1 is 1.16 bits per heavy atom. The smallest absolute Gasteiger partial charge is 0.191 e. The van der Waals surface area contributed by atoms with E-state index in [2.05, 4.69) is 15.3 Å². The van der Waals surface area contributed by atoms with E-state index < -0.39 is 0 Å². The highest BCUT2D eigenvalue weighted by Crippen LogP contribution is 2.20. The molecular formula is C14H13N3O2. The first-order chi connectivity index (χ1) is 9.31. The molecule has 19 heavy (non-hydrogen) atoms. The van der Waals surface area contributed by atoms with E-state index in [1.165, 1.54) is 6.39 Å². The van der Waals surface area contributed by atoms with Crippen LogP contribution in [0.3, 0.4) is 0 Å². The average molecular weight is 255 g/mol. The summed E-state index contributed by atoms with van der Waals surface area (Å²) in [6.07, 6.45) is 4.78. The van der Waals surface area contributed by atoms with Crippen LogP contribution in [0.1, 0.15) is 11.7 Å². The Kier molecular flexibility index (Phi) is 3.02. The molecule has 0 fully saturated rings. The monoisotopic (exact) mass is 255 g/mol. The third-order valence-corrected chi connectivity index (χ3v) is 2.75. The Balaban J connectivity index is 1.69. The number of anilines is 1. The minimum absolute atomic E-state index is 0.614. The van der Waals surface area contributed by atoms with E-state index in [0.717, 1.165) is 22.7 Å². The minimum atomic E-state index is 0.614. The van der Waals surface area contributed by atoms with Crippen LogP contribution in [0.25, 0.3) is 11.3 Å². The molecule has 0 aliphatic carbocycles. The normalized spacial score (nSPS) is 10.6. The molecule has 3 rings (SSSR count). The maximum absolute atomic E-state index is 5.20. The van der Waals surface area contributed by atoms with Gasteiger partial charge in [-0.05, 0) is 12.1 Å². The van der Waals surface area contributed by atoms with Crippen molar-refractivity contribution in [2.75, 3.05) is 5.32 Å². The van der Waals surface area contributed by atoms with Gasteiger partial charge >= 0.3 is 0 Å². The first kappa shape index (κ1) is 11.5. The molecule has 0 aliphatic heterocycles. The van der Waals surface area contributed by atoms with Crippen molar-refractivity contribution in [3.63, 3.8) is 0 Å². The largest absolute Gasteiger partial charge is 0.449 e. The molecule has 0 amide bonds. The van der Waals surface area contributed by atoms with E-state index in [-0.39, 0.29) is 0 Å². The maximum Gasteiger partial charge on any atom is 0.191 e. The van der Waals surface area contributed by atoms with E-state index in [4.69, 9.17) is 8.83 Å². The first-order valence-corrected chi connectivity index (χ1v) is 5.95. The molecule has 0 atom stereocenters. The van der Waals surface area contributed by atoms with Gasteiger partial charge in [0.15, 0.2) is 12.3 Å². The number of hydrogen-bond acceptors (Lipinski definition) is 5. The van der Waals surface area contributed by atoms with Crippen LogP contribution in [0.5, 0.6) is 0 Å². The van der Waals surface area contributed by atoms with Gasteiger partial charge in [-0.25, -0.2) is 9.97 Å². The Morgan fingerprint density at radius 2 is 2.00 bits per heavy atom. The molecule has 1 aromatic carbocycles. The van der Waals surface area contributed by atoms with Gasteiger partial charge in [-0.2, -0.15) is 0 Å². The molecule has 0 spiro atoms. The molecule has 2 heterocycles. The third-order valence-electron chi connectivity index (χ3n) is 2.75. The molecule has 0 unspecified atom stereocenters. The van der Waals surface area contributed by atoms with Gasteiger partial charge in [0.25, 0.3) is 0 Å². The summed E-state index contributed by atoms with van der Waals surface area (Å²) in [5, 5.41) is 3.25. The second-order valence-electron chi connectivity index (χ2n) is 4.15. The molecular weight excluding hydrogens is 242 g/mol. The molecule has 3 aromatic rings. The maximum atomic E-state index is 5.20. The van der Waals surface area contributed by atoms with E-state index in [1.807, 2.05) is 31.2 Å². The van der Waals surface area contributed by atoms with Gasteiger partial charge in [0.2, 0.25) is 0 Å². The van der Waals surface area contributed by atoms with Crippen molar-refractivity contribution < 1.29 is 8.83 Å². The van der Waals surface area contributed by atoms with Gasteiger partial charge in [-0.3, -0.25) is 0 Å². The van der Waals surface area contributed by atoms with Crippen molar-refractivity contribution in [2.45, 2.75) is 13.5 Å². The molecule has 5 nitrogen and oxygen atoms in total. The number of aryl methyl sites for hydroxylation is 1. The lowest BCUT2D eigenvalue weighted by molar-refractivity contribution is 0.512. The van der Waals surface area contributed by atoms with Crippen molar-refractivity contribution in [3.05, 3.63) is 54.8 Å². The van der Waals surface area contributed by atoms with Crippen LogP contribution in [-0.4, -0.2) is 9.97 Å². The minimum Gasteiger partial charge on any atom is -0.449 e. The fourth-order valence-electron chi connectivity index (χ4n) is 1.77. The number of nitrogens with one attached hydrogen (secondary N) is 1. The van der Waals surface area contributed by atoms with Crippen molar-refractivity contribution >= 4 is 5.69 Å². The molecule has 5 heteroatoms. The lowest BCUT2D eigenvalue weighted by Gasteiger charge is -2.04. The molecule has 0 bridgehead atoms. The standard InChI is InChI=1S/C14H13N3O2/c1-10-17-14(8-18-10)11-2-4-12(5-3-11)16-7-13-6-15-9-19-13/h2-6,8-9,16H,7H2,1H3. The molecule has 0 radical (unpaired) electrons. The number of hydrogen-bond donors (Lipinski definition) is 1. The first-order valence-electron chi connectivity index (χ1n) is 5.95. The van der Waals surface area contributed by atoms with Gasteiger partial charge < -0.3 is 14.2 Å². The fourth-order valence-corrected chi connectivity index (χ4v) is 1.77. The highest BCUT2D eigenvalue weighted by molar-refractivity contribution is 5.61. The summed E-state index contributed by atoms with van der Waals surface area (Å²) in [6, 6.07) is 7.99. The summed E-state index contributed by atoms with van der Waals surface area (Å²) in [6.45, 7) is 2.44.